The molecule has 0 unspecified atom stereocenters. The molecule has 27 heavy (non-hydrogen) atoms. The molecule has 0 aliphatic carbocycles. The van der Waals surface area contributed by atoms with Crippen molar-refractivity contribution >= 4 is 5.91 Å². The molecule has 1 amide bonds. The maximum atomic E-state index is 14.1. The van der Waals surface area contributed by atoms with E-state index in [2.05, 4.69) is 12.1 Å². The Morgan fingerprint density at radius 1 is 1.19 bits per heavy atom. The van der Waals surface area contributed by atoms with Crippen LogP contribution in [0.15, 0.2) is 48.5 Å². The maximum Gasteiger partial charge on any atom is 0.260 e. The molecule has 2 aromatic carbocycles. The topological polar surface area (TPSA) is 49.8 Å². The lowest BCUT2D eigenvalue weighted by molar-refractivity contribution is 0.0432. The number of nitrogens with zero attached hydrogens (tertiary/aromatic N) is 1. The molecule has 1 N–H and O–H groups in total. The van der Waals surface area contributed by atoms with Crippen molar-refractivity contribution < 1.29 is 19.0 Å². The number of methoxy groups -OCH3 is 1. The van der Waals surface area contributed by atoms with E-state index in [1.807, 2.05) is 18.2 Å². The van der Waals surface area contributed by atoms with Gasteiger partial charge in [0.15, 0.2) is 0 Å². The summed E-state index contributed by atoms with van der Waals surface area (Å²) in [5, 5.41) is 10.5. The summed E-state index contributed by atoms with van der Waals surface area (Å²) in [6.07, 6.45) is 2.61. The molecule has 0 aromatic heterocycles. The van der Waals surface area contributed by atoms with Crippen LogP contribution in [-0.2, 0) is 6.42 Å². The Labute approximate surface area is 159 Å². The predicted molar refractivity (Wildman–Crippen MR) is 102 cm³/mol. The number of ether oxygens (including phenoxy) is 1. The van der Waals surface area contributed by atoms with Gasteiger partial charge >= 0.3 is 0 Å². The van der Waals surface area contributed by atoms with Gasteiger partial charge in [0.2, 0.25) is 0 Å². The minimum Gasteiger partial charge on any atom is -0.496 e. The van der Waals surface area contributed by atoms with Crippen LogP contribution in [0.3, 0.4) is 0 Å². The molecule has 1 fully saturated rings. The van der Waals surface area contributed by atoms with Gasteiger partial charge in [0, 0.05) is 13.1 Å². The van der Waals surface area contributed by atoms with E-state index in [1.54, 1.807) is 11.0 Å². The molecule has 2 aromatic rings. The SMILES string of the molecule is COc1cccc(F)c1C(=O)N1CCC([C@H](O)CCc2ccccc2)CC1. The lowest BCUT2D eigenvalue weighted by atomic mass is 9.88. The number of carbonyl (C=O) groups excluding carboxylic acids is 1. The molecule has 3 rings (SSSR count). The van der Waals surface area contributed by atoms with Gasteiger partial charge in [-0.05, 0) is 49.3 Å². The molecular weight excluding hydrogens is 345 g/mol. The van der Waals surface area contributed by atoms with Crippen LogP contribution in [-0.4, -0.2) is 42.2 Å². The molecule has 0 bridgehead atoms. The summed E-state index contributed by atoms with van der Waals surface area (Å²) in [6.45, 7) is 1.03. The van der Waals surface area contributed by atoms with Crippen molar-refractivity contribution in [2.24, 2.45) is 5.92 Å². The van der Waals surface area contributed by atoms with Crippen LogP contribution in [0.5, 0.6) is 5.75 Å². The summed E-state index contributed by atoms with van der Waals surface area (Å²) in [5.41, 5.74) is 1.21. The average Bonchev–Trinajstić information content (AvgIpc) is 2.72. The first-order valence-corrected chi connectivity index (χ1v) is 9.44. The van der Waals surface area contributed by atoms with Crippen molar-refractivity contribution in [2.45, 2.75) is 31.8 Å². The lowest BCUT2D eigenvalue weighted by Gasteiger charge is -2.34. The van der Waals surface area contributed by atoms with Gasteiger partial charge in [-0.2, -0.15) is 0 Å². The minimum atomic E-state index is -0.565. The highest BCUT2D eigenvalue weighted by molar-refractivity contribution is 5.97. The van der Waals surface area contributed by atoms with Gasteiger partial charge < -0.3 is 14.7 Å². The fraction of sp³-hybridized carbons (Fsp3) is 0.409. The van der Waals surface area contributed by atoms with E-state index in [4.69, 9.17) is 4.74 Å². The average molecular weight is 371 g/mol. The van der Waals surface area contributed by atoms with Crippen LogP contribution in [0.4, 0.5) is 4.39 Å². The maximum absolute atomic E-state index is 14.1. The van der Waals surface area contributed by atoms with E-state index >= 15 is 0 Å². The number of halogens is 1. The van der Waals surface area contributed by atoms with Crippen LogP contribution in [0, 0.1) is 11.7 Å². The fourth-order valence-electron chi connectivity index (χ4n) is 3.72. The standard InChI is InChI=1S/C22H26FNO3/c1-27-20-9-5-8-18(23)21(20)22(26)24-14-12-17(13-15-24)19(25)11-10-16-6-3-2-4-7-16/h2-9,17,19,25H,10-15H2,1H3/t19-/m1/s1. The third-order valence-corrected chi connectivity index (χ3v) is 5.35. The van der Waals surface area contributed by atoms with Crippen LogP contribution in [0.25, 0.3) is 0 Å². The second kappa shape index (κ2) is 9.00. The molecule has 0 radical (unpaired) electrons. The highest BCUT2D eigenvalue weighted by atomic mass is 19.1. The fourth-order valence-corrected chi connectivity index (χ4v) is 3.72. The molecule has 5 heteroatoms. The third-order valence-electron chi connectivity index (χ3n) is 5.35. The van der Waals surface area contributed by atoms with E-state index in [1.165, 1.54) is 24.8 Å². The Morgan fingerprint density at radius 2 is 1.89 bits per heavy atom. The van der Waals surface area contributed by atoms with Gasteiger partial charge in [-0.15, -0.1) is 0 Å². The lowest BCUT2D eigenvalue weighted by Crippen LogP contribution is -2.41. The number of hydrogen-bond acceptors (Lipinski definition) is 3. The zero-order valence-corrected chi connectivity index (χ0v) is 15.6. The Hall–Kier alpha value is -2.40. The first kappa shape index (κ1) is 19.4. The van der Waals surface area contributed by atoms with Gasteiger partial charge in [-0.25, -0.2) is 4.39 Å². The molecule has 1 aliphatic heterocycles. The van der Waals surface area contributed by atoms with Crippen molar-refractivity contribution in [1.82, 2.24) is 4.90 Å². The second-order valence-electron chi connectivity index (χ2n) is 7.04. The van der Waals surface area contributed by atoms with Crippen molar-refractivity contribution in [1.29, 1.82) is 0 Å². The van der Waals surface area contributed by atoms with E-state index < -0.39 is 5.82 Å². The first-order valence-electron chi connectivity index (χ1n) is 9.44. The number of benzene rings is 2. The van der Waals surface area contributed by atoms with Crippen molar-refractivity contribution in [3.8, 4) is 5.75 Å². The molecule has 4 nitrogen and oxygen atoms in total. The summed E-state index contributed by atoms with van der Waals surface area (Å²) in [7, 11) is 1.43. The molecule has 1 saturated heterocycles. The molecule has 0 spiro atoms. The summed E-state index contributed by atoms with van der Waals surface area (Å²) < 4.78 is 19.3. The van der Waals surface area contributed by atoms with Gasteiger partial charge in [0.25, 0.3) is 5.91 Å². The first-order chi connectivity index (χ1) is 13.1. The Kier molecular flexibility index (Phi) is 6.45. The number of hydrogen-bond donors (Lipinski definition) is 1. The summed E-state index contributed by atoms with van der Waals surface area (Å²) in [6, 6.07) is 14.5. The number of aliphatic hydroxyl groups excluding tert-OH is 1. The summed E-state index contributed by atoms with van der Waals surface area (Å²) >= 11 is 0. The van der Waals surface area contributed by atoms with Gasteiger partial charge in [-0.1, -0.05) is 36.4 Å². The van der Waals surface area contributed by atoms with Crippen LogP contribution < -0.4 is 4.74 Å². The quantitative estimate of drug-likeness (QED) is 0.843. The highest BCUT2D eigenvalue weighted by Crippen LogP contribution is 2.28. The number of likely N-dealkylation sites (tertiary alicyclic amines) is 1. The zero-order chi connectivity index (χ0) is 19.2. The normalized spacial score (nSPS) is 16.2. The Bertz CT molecular complexity index is 757. The molecule has 1 heterocycles. The predicted octanol–water partition coefficient (Wildman–Crippen LogP) is 3.68. The van der Waals surface area contributed by atoms with E-state index in [-0.39, 0.29) is 29.2 Å². The molecule has 1 aliphatic rings. The number of piperidine rings is 1. The van der Waals surface area contributed by atoms with Crippen molar-refractivity contribution in [2.75, 3.05) is 20.2 Å². The molecule has 1 atom stereocenters. The molecular formula is C22H26FNO3. The molecule has 144 valence electrons. The number of rotatable bonds is 6. The second-order valence-corrected chi connectivity index (χ2v) is 7.04. The summed E-state index contributed by atoms with van der Waals surface area (Å²) in [5.74, 6) is -0.489. The minimum absolute atomic E-state index is 0.0110. The van der Waals surface area contributed by atoms with Crippen molar-refractivity contribution in [3.05, 3.63) is 65.5 Å². The Morgan fingerprint density at radius 3 is 2.56 bits per heavy atom. The van der Waals surface area contributed by atoms with Crippen molar-refractivity contribution in [3.63, 3.8) is 0 Å². The van der Waals surface area contributed by atoms with E-state index in [0.717, 1.165) is 19.3 Å². The van der Waals surface area contributed by atoms with Crippen LogP contribution in [0.1, 0.15) is 35.2 Å². The van der Waals surface area contributed by atoms with Crippen LogP contribution in [0.2, 0.25) is 0 Å². The zero-order valence-electron chi connectivity index (χ0n) is 15.6. The monoisotopic (exact) mass is 371 g/mol. The Balaban J connectivity index is 1.55. The van der Waals surface area contributed by atoms with E-state index in [9.17, 15) is 14.3 Å². The number of aliphatic hydroxyl groups is 1. The summed E-state index contributed by atoms with van der Waals surface area (Å²) in [4.78, 5) is 14.4. The number of carbonyl (C=O) groups is 1. The van der Waals surface area contributed by atoms with Gasteiger partial charge in [0.1, 0.15) is 17.1 Å². The largest absolute Gasteiger partial charge is 0.496 e. The van der Waals surface area contributed by atoms with E-state index in [0.29, 0.717) is 19.5 Å². The van der Waals surface area contributed by atoms with Gasteiger partial charge in [0.05, 0.1) is 13.2 Å². The number of amides is 1. The van der Waals surface area contributed by atoms with Gasteiger partial charge in [-0.3, -0.25) is 4.79 Å². The third kappa shape index (κ3) is 4.66. The smallest absolute Gasteiger partial charge is 0.260 e. The van der Waals surface area contributed by atoms with Crippen LogP contribution >= 0.6 is 0 Å². The highest BCUT2D eigenvalue weighted by Gasteiger charge is 2.30. The molecule has 0 saturated carbocycles. The number of aryl methyl sites for hydroxylation is 1.